The van der Waals surface area contributed by atoms with E-state index in [1.807, 2.05) is 6.92 Å². The van der Waals surface area contributed by atoms with E-state index in [0.717, 1.165) is 36.5 Å². The highest BCUT2D eigenvalue weighted by atomic mass is 16.4. The lowest BCUT2D eigenvalue weighted by atomic mass is 10.2. The summed E-state index contributed by atoms with van der Waals surface area (Å²) in [7, 11) is 0. The van der Waals surface area contributed by atoms with Gasteiger partial charge in [-0.3, -0.25) is 4.79 Å². The molecule has 0 rings (SSSR count). The van der Waals surface area contributed by atoms with E-state index in [2.05, 4.69) is 0 Å². The van der Waals surface area contributed by atoms with Gasteiger partial charge in [-0.2, -0.15) is 0 Å². The lowest BCUT2D eigenvalue weighted by Gasteiger charge is -1.89. The molecule has 0 spiro atoms. The van der Waals surface area contributed by atoms with Gasteiger partial charge in [-0.1, -0.05) is 67.7 Å². The lowest BCUT2D eigenvalue weighted by molar-refractivity contribution is -0.137. The Morgan fingerprint density at radius 1 is 0.818 bits per heavy atom. The Balaban J connectivity index is 5.01. The minimum absolute atomic E-state index is 0.0105. The van der Waals surface area contributed by atoms with E-state index in [1.54, 1.807) is 6.08 Å². The van der Waals surface area contributed by atoms with Crippen LogP contribution in [0.3, 0.4) is 0 Å². The Hall–Kier alpha value is -1.83. The van der Waals surface area contributed by atoms with Crippen LogP contribution in [-0.2, 0) is 4.79 Å². The van der Waals surface area contributed by atoms with E-state index in [4.69, 9.17) is 16.1 Å². The zero-order chi connectivity index (χ0) is 23.5. The van der Waals surface area contributed by atoms with E-state index in [0.29, 0.717) is 19.3 Å². The fourth-order valence-electron chi connectivity index (χ4n) is 1.22. The summed E-state index contributed by atoms with van der Waals surface area (Å²) in [5.74, 6) is -0.922. The Morgan fingerprint density at radius 3 is 1.64 bits per heavy atom. The van der Waals surface area contributed by atoms with Gasteiger partial charge in [0.1, 0.15) is 0 Å². The van der Waals surface area contributed by atoms with Crippen molar-refractivity contribution in [2.24, 2.45) is 0 Å². The normalized spacial score (nSPS) is 20.8. The van der Waals surface area contributed by atoms with Crippen molar-refractivity contribution in [1.82, 2.24) is 0 Å². The fraction of sp³-hybridized carbons (Fsp3) is 0.450. The van der Waals surface area contributed by atoms with Gasteiger partial charge in [0.2, 0.25) is 0 Å². The van der Waals surface area contributed by atoms with Crippen LogP contribution in [0.4, 0.5) is 0 Å². The number of aliphatic carboxylic acids is 1. The van der Waals surface area contributed by atoms with Crippen LogP contribution in [0.25, 0.3) is 0 Å². The van der Waals surface area contributed by atoms with Crippen LogP contribution in [0.1, 0.15) is 69.1 Å². The van der Waals surface area contributed by atoms with Crippen molar-refractivity contribution in [1.29, 1.82) is 0 Å². The molecule has 0 saturated carbocycles. The SMILES string of the molecule is [2H]C([2H])(/C=C\CC)/C=C\C([2H])([2H])/C=C\C([2H])([2H])/C=C\C([2H])([2H])/C=C\CCCC(=O)O. The Bertz CT molecular complexity index is 689. The van der Waals surface area contributed by atoms with E-state index in [9.17, 15) is 4.79 Å². The fourth-order valence-corrected chi connectivity index (χ4v) is 1.22. The second kappa shape index (κ2) is 17.2. The van der Waals surface area contributed by atoms with Crippen LogP contribution in [0, 0.1) is 0 Å². The van der Waals surface area contributed by atoms with Crippen LogP contribution >= 0.6 is 0 Å². The number of allylic oxidation sites excluding steroid dienone is 10. The van der Waals surface area contributed by atoms with Gasteiger partial charge >= 0.3 is 5.97 Å². The van der Waals surface area contributed by atoms with Gasteiger partial charge in [-0.25, -0.2) is 0 Å². The number of hydrogen-bond acceptors (Lipinski definition) is 1. The minimum atomic E-state index is -2.12. The van der Waals surface area contributed by atoms with Crippen molar-refractivity contribution >= 4 is 5.97 Å². The molecule has 0 aliphatic heterocycles. The molecule has 0 radical (unpaired) electrons. The molecule has 0 aromatic rings. The Labute approximate surface area is 146 Å². The van der Waals surface area contributed by atoms with Gasteiger partial charge in [0.05, 0.1) is 0 Å². The summed E-state index contributed by atoms with van der Waals surface area (Å²) in [6.07, 6.45) is 5.13. The number of carboxylic acids is 1. The Kier molecular flexibility index (Phi) is 7.86. The summed E-state index contributed by atoms with van der Waals surface area (Å²) >= 11 is 0. The molecule has 122 valence electrons. The maximum Gasteiger partial charge on any atom is 0.303 e. The highest BCUT2D eigenvalue weighted by molar-refractivity contribution is 5.66. The highest BCUT2D eigenvalue weighted by Gasteiger charge is 1.92. The average Bonchev–Trinajstić information content (AvgIpc) is 2.62. The third kappa shape index (κ3) is 18.2. The molecular formula is C20H30O2. The van der Waals surface area contributed by atoms with E-state index in [-0.39, 0.29) is 6.42 Å². The van der Waals surface area contributed by atoms with Crippen molar-refractivity contribution in [3.63, 3.8) is 0 Å². The van der Waals surface area contributed by atoms with Crippen molar-refractivity contribution in [2.75, 3.05) is 0 Å². The molecule has 22 heavy (non-hydrogen) atoms. The smallest absolute Gasteiger partial charge is 0.303 e. The summed E-state index contributed by atoms with van der Waals surface area (Å²) in [6, 6.07) is 0. The summed E-state index contributed by atoms with van der Waals surface area (Å²) in [5, 5.41) is 8.55. The zero-order valence-corrected chi connectivity index (χ0v) is 13.0. The quantitative estimate of drug-likeness (QED) is 0.335. The first-order valence-corrected chi connectivity index (χ1v) is 7.28. The number of unbranched alkanes of at least 4 members (excludes halogenated alkanes) is 1. The summed E-state index contributed by atoms with van der Waals surface area (Å²) in [5.41, 5.74) is 0. The molecule has 0 atom stereocenters. The van der Waals surface area contributed by atoms with Crippen LogP contribution in [0.5, 0.6) is 0 Å². The molecule has 0 aliphatic carbocycles. The predicted octanol–water partition coefficient (Wildman–Crippen LogP) is 5.99. The molecule has 0 aliphatic rings. The van der Waals surface area contributed by atoms with E-state index in [1.165, 1.54) is 18.2 Å². The second-order valence-corrected chi connectivity index (χ2v) is 4.17. The van der Waals surface area contributed by atoms with Gasteiger partial charge in [0, 0.05) is 17.4 Å². The van der Waals surface area contributed by atoms with Gasteiger partial charge in [0.15, 0.2) is 0 Å². The summed E-state index contributed by atoms with van der Waals surface area (Å²) in [4.78, 5) is 10.4. The maximum atomic E-state index is 10.4. The van der Waals surface area contributed by atoms with Crippen molar-refractivity contribution in [2.45, 2.75) is 58.1 Å². The molecule has 0 aromatic heterocycles. The van der Waals surface area contributed by atoms with Crippen LogP contribution in [-0.4, -0.2) is 11.1 Å². The third-order valence-corrected chi connectivity index (χ3v) is 2.25. The first-order valence-electron chi connectivity index (χ1n) is 11.3. The van der Waals surface area contributed by atoms with Gasteiger partial charge < -0.3 is 5.11 Å². The monoisotopic (exact) mass is 310 g/mol. The minimum Gasteiger partial charge on any atom is -0.481 e. The zero-order valence-electron chi connectivity index (χ0n) is 21.0. The molecular weight excluding hydrogens is 272 g/mol. The molecule has 2 nitrogen and oxygen atoms in total. The Morgan fingerprint density at radius 2 is 1.23 bits per heavy atom. The predicted molar refractivity (Wildman–Crippen MR) is 95.9 cm³/mol. The van der Waals surface area contributed by atoms with Crippen molar-refractivity contribution in [3.05, 3.63) is 60.8 Å². The largest absolute Gasteiger partial charge is 0.481 e. The number of hydrogen-bond donors (Lipinski definition) is 1. The summed E-state index contributed by atoms with van der Waals surface area (Å²) < 4.78 is 62.6. The van der Waals surface area contributed by atoms with Gasteiger partial charge in [-0.05, 0) is 44.8 Å². The van der Waals surface area contributed by atoms with Crippen LogP contribution in [0.15, 0.2) is 60.8 Å². The molecule has 0 aromatic carbocycles. The number of carboxylic acid groups (broad SMARTS) is 1. The first kappa shape index (κ1) is 10.0. The standard InChI is InChI=1S/C20H30O2/c1-2-3-4-5-6-7-8-9-10-11-12-13-14-15-16-17-18-19-20(21)22/h3-4,6-7,9-10,12-13,15-16H,2,5,8,11,14,17-19H2,1H3,(H,21,22)/b4-3-,7-6-,10-9-,13-12-,16-15-/i5D2,8D2,11D2,14D2. The maximum absolute atomic E-state index is 10.4. The van der Waals surface area contributed by atoms with Crippen LogP contribution < -0.4 is 0 Å². The van der Waals surface area contributed by atoms with Gasteiger partial charge in [-0.15, -0.1) is 0 Å². The molecule has 0 unspecified atom stereocenters. The first-order chi connectivity index (χ1) is 13.6. The second-order valence-electron chi connectivity index (χ2n) is 4.17. The topological polar surface area (TPSA) is 37.3 Å². The van der Waals surface area contributed by atoms with E-state index >= 15 is 0 Å². The molecule has 0 amide bonds. The van der Waals surface area contributed by atoms with Crippen LogP contribution in [0.2, 0.25) is 0 Å². The molecule has 0 heterocycles. The number of carbonyl (C=O) groups is 1. The molecule has 0 bridgehead atoms. The molecule has 2 heteroatoms. The van der Waals surface area contributed by atoms with Gasteiger partial charge in [0.25, 0.3) is 0 Å². The average molecular weight is 311 g/mol. The lowest BCUT2D eigenvalue weighted by Crippen LogP contribution is -1.92. The summed E-state index contributed by atoms with van der Waals surface area (Å²) in [6.45, 7) is 1.85. The van der Waals surface area contributed by atoms with E-state index < -0.39 is 31.5 Å². The van der Waals surface area contributed by atoms with Crippen molar-refractivity contribution < 1.29 is 20.9 Å². The molecule has 0 fully saturated rings. The molecule has 1 N–H and O–H groups in total. The van der Waals surface area contributed by atoms with Crippen molar-refractivity contribution in [3.8, 4) is 0 Å². The molecule has 0 saturated heterocycles. The number of rotatable bonds is 13. The third-order valence-electron chi connectivity index (χ3n) is 2.25. The highest BCUT2D eigenvalue weighted by Crippen LogP contribution is 1.99.